The van der Waals surface area contributed by atoms with Gasteiger partial charge in [0.2, 0.25) is 5.78 Å². The lowest BCUT2D eigenvalue weighted by atomic mass is 10.00. The first kappa shape index (κ1) is 15.9. The fraction of sp³-hybridized carbons (Fsp3) is 0.353. The van der Waals surface area contributed by atoms with Gasteiger partial charge in [-0.25, -0.2) is 0 Å². The molecular formula is C17H22N2OS. The van der Waals surface area contributed by atoms with Crippen LogP contribution in [0.25, 0.3) is 0 Å². The number of carbonyl (C=O) groups excluding carboxylic acids is 1. The molecule has 21 heavy (non-hydrogen) atoms. The van der Waals surface area contributed by atoms with Crippen molar-refractivity contribution in [2.24, 2.45) is 5.73 Å². The number of hydrogen-bond acceptors (Lipinski definition) is 4. The SMILES string of the molecule is CCCC1=CC=CC(SCCN)(C(=O)c2ccccc2)N1. The highest BCUT2D eigenvalue weighted by molar-refractivity contribution is 8.01. The molecule has 0 bridgehead atoms. The normalized spacial score (nSPS) is 20.8. The maximum Gasteiger partial charge on any atom is 0.202 e. The molecule has 1 heterocycles. The van der Waals surface area contributed by atoms with Gasteiger partial charge in [0.05, 0.1) is 0 Å². The summed E-state index contributed by atoms with van der Waals surface area (Å²) in [7, 11) is 0. The van der Waals surface area contributed by atoms with Crippen molar-refractivity contribution in [2.75, 3.05) is 12.3 Å². The minimum absolute atomic E-state index is 0.0829. The predicted molar refractivity (Wildman–Crippen MR) is 90.3 cm³/mol. The zero-order valence-electron chi connectivity index (χ0n) is 12.3. The molecule has 4 heteroatoms. The fourth-order valence-electron chi connectivity index (χ4n) is 2.34. The van der Waals surface area contributed by atoms with Crippen LogP contribution in [0, 0.1) is 0 Å². The van der Waals surface area contributed by atoms with E-state index in [1.54, 1.807) is 11.8 Å². The Bertz CT molecular complexity index is 539. The number of rotatable bonds is 7. The standard InChI is InChI=1S/C17H22N2OS/c1-2-7-15-10-6-11-17(19-15,21-13-12-18)16(20)14-8-4-3-5-9-14/h3-6,8-11,19H,2,7,12-13,18H2,1H3. The van der Waals surface area contributed by atoms with Crippen molar-refractivity contribution >= 4 is 17.5 Å². The number of allylic oxidation sites excluding steroid dienone is 3. The third kappa shape index (κ3) is 3.77. The van der Waals surface area contributed by atoms with Crippen LogP contribution in [0.15, 0.2) is 54.3 Å². The van der Waals surface area contributed by atoms with Crippen LogP contribution < -0.4 is 11.1 Å². The van der Waals surface area contributed by atoms with E-state index in [0.29, 0.717) is 6.54 Å². The summed E-state index contributed by atoms with van der Waals surface area (Å²) in [6.45, 7) is 2.69. The summed E-state index contributed by atoms with van der Waals surface area (Å²) >= 11 is 1.56. The zero-order valence-corrected chi connectivity index (χ0v) is 13.2. The van der Waals surface area contributed by atoms with Crippen LogP contribution in [0.3, 0.4) is 0 Å². The summed E-state index contributed by atoms with van der Waals surface area (Å²) in [6, 6.07) is 9.43. The minimum Gasteiger partial charge on any atom is -0.364 e. The number of hydrogen-bond donors (Lipinski definition) is 2. The van der Waals surface area contributed by atoms with Gasteiger partial charge >= 0.3 is 0 Å². The molecule has 0 spiro atoms. The van der Waals surface area contributed by atoms with Gasteiger partial charge in [-0.2, -0.15) is 0 Å². The van der Waals surface area contributed by atoms with Gasteiger partial charge in [-0.15, -0.1) is 11.8 Å². The van der Waals surface area contributed by atoms with Crippen molar-refractivity contribution < 1.29 is 4.79 Å². The molecular weight excluding hydrogens is 280 g/mol. The second kappa shape index (κ2) is 7.48. The quantitative estimate of drug-likeness (QED) is 0.760. The Morgan fingerprint density at radius 3 is 2.76 bits per heavy atom. The van der Waals surface area contributed by atoms with Crippen LogP contribution in [0.1, 0.15) is 30.1 Å². The number of Topliss-reactive ketones (excluding diaryl/α,β-unsaturated/α-hetero) is 1. The topological polar surface area (TPSA) is 55.1 Å². The number of nitrogens with two attached hydrogens (primary N) is 1. The summed E-state index contributed by atoms with van der Waals surface area (Å²) in [4.78, 5) is 12.2. The predicted octanol–water partition coefficient (Wildman–Crippen LogP) is 3.10. The molecule has 2 rings (SSSR count). The highest BCUT2D eigenvalue weighted by atomic mass is 32.2. The molecule has 0 fully saturated rings. The van der Waals surface area contributed by atoms with E-state index < -0.39 is 4.87 Å². The molecule has 0 aromatic heterocycles. The lowest BCUT2D eigenvalue weighted by molar-refractivity contribution is 0.0951. The van der Waals surface area contributed by atoms with Gasteiger partial charge in [0.25, 0.3) is 0 Å². The van der Waals surface area contributed by atoms with Gasteiger partial charge in [0.15, 0.2) is 4.87 Å². The minimum atomic E-state index is -0.736. The van der Waals surface area contributed by atoms with E-state index in [0.717, 1.165) is 29.9 Å². The van der Waals surface area contributed by atoms with E-state index in [1.165, 1.54) is 0 Å². The summed E-state index contributed by atoms with van der Waals surface area (Å²) in [5.74, 6) is 0.814. The fourth-order valence-corrected chi connectivity index (χ4v) is 3.41. The first-order valence-electron chi connectivity index (χ1n) is 7.32. The molecule has 1 atom stereocenters. The molecule has 0 amide bonds. The zero-order chi connectivity index (χ0) is 15.1. The van der Waals surface area contributed by atoms with Crippen molar-refractivity contribution in [1.82, 2.24) is 5.32 Å². The number of benzene rings is 1. The largest absolute Gasteiger partial charge is 0.364 e. The summed E-state index contributed by atoms with van der Waals surface area (Å²) < 4.78 is 0. The van der Waals surface area contributed by atoms with E-state index in [2.05, 4.69) is 12.2 Å². The summed E-state index contributed by atoms with van der Waals surface area (Å²) in [5, 5.41) is 3.43. The van der Waals surface area contributed by atoms with Crippen LogP contribution in [0.4, 0.5) is 0 Å². The first-order valence-corrected chi connectivity index (χ1v) is 8.31. The van der Waals surface area contributed by atoms with Crippen molar-refractivity contribution in [2.45, 2.75) is 24.6 Å². The lowest BCUT2D eigenvalue weighted by Gasteiger charge is -2.34. The number of carbonyl (C=O) groups is 1. The highest BCUT2D eigenvalue weighted by Crippen LogP contribution is 2.32. The Labute approximate surface area is 130 Å². The van der Waals surface area contributed by atoms with Gasteiger partial charge in [-0.05, 0) is 18.6 Å². The van der Waals surface area contributed by atoms with Crippen LogP contribution in [-0.2, 0) is 0 Å². The van der Waals surface area contributed by atoms with E-state index >= 15 is 0 Å². The van der Waals surface area contributed by atoms with Crippen molar-refractivity contribution in [3.05, 3.63) is 59.8 Å². The Hall–Kier alpha value is -1.52. The van der Waals surface area contributed by atoms with E-state index in [4.69, 9.17) is 5.73 Å². The maximum atomic E-state index is 13.0. The molecule has 0 saturated heterocycles. The molecule has 3 N–H and O–H groups in total. The molecule has 0 radical (unpaired) electrons. The van der Waals surface area contributed by atoms with Crippen LogP contribution in [0.2, 0.25) is 0 Å². The number of dihydropyridines is 1. The Morgan fingerprint density at radius 1 is 1.33 bits per heavy atom. The van der Waals surface area contributed by atoms with Gasteiger partial charge in [-0.3, -0.25) is 4.79 Å². The van der Waals surface area contributed by atoms with Crippen LogP contribution in [0.5, 0.6) is 0 Å². The molecule has 1 aliphatic heterocycles. The van der Waals surface area contributed by atoms with Gasteiger partial charge in [0, 0.05) is 23.6 Å². The van der Waals surface area contributed by atoms with Gasteiger partial charge in [0.1, 0.15) is 0 Å². The van der Waals surface area contributed by atoms with E-state index in [-0.39, 0.29) is 5.78 Å². The molecule has 1 aliphatic rings. The Morgan fingerprint density at radius 2 is 2.10 bits per heavy atom. The molecule has 0 saturated carbocycles. The Balaban J connectivity index is 2.28. The second-order valence-electron chi connectivity index (χ2n) is 4.99. The molecule has 1 unspecified atom stereocenters. The second-order valence-corrected chi connectivity index (χ2v) is 6.33. The molecule has 1 aromatic carbocycles. The average molecular weight is 302 g/mol. The van der Waals surface area contributed by atoms with Gasteiger partial charge < -0.3 is 11.1 Å². The number of nitrogens with one attached hydrogen (secondary N) is 1. The smallest absolute Gasteiger partial charge is 0.202 e. The number of thioether (sulfide) groups is 1. The summed E-state index contributed by atoms with van der Waals surface area (Å²) in [6.07, 6.45) is 7.96. The first-order chi connectivity index (χ1) is 10.2. The maximum absolute atomic E-state index is 13.0. The molecule has 1 aromatic rings. The third-order valence-electron chi connectivity index (χ3n) is 3.31. The van der Waals surface area contributed by atoms with Gasteiger partial charge in [-0.1, -0.05) is 49.8 Å². The Kier molecular flexibility index (Phi) is 5.65. The van der Waals surface area contributed by atoms with E-state index in [9.17, 15) is 4.79 Å². The molecule has 0 aliphatic carbocycles. The third-order valence-corrected chi connectivity index (χ3v) is 4.63. The van der Waals surface area contributed by atoms with E-state index in [1.807, 2.05) is 48.6 Å². The number of ketones is 1. The molecule has 112 valence electrons. The van der Waals surface area contributed by atoms with Crippen molar-refractivity contribution in [3.63, 3.8) is 0 Å². The van der Waals surface area contributed by atoms with Crippen LogP contribution in [-0.4, -0.2) is 23.0 Å². The average Bonchev–Trinajstić information content (AvgIpc) is 2.54. The lowest BCUT2D eigenvalue weighted by Crippen LogP contribution is -2.48. The summed E-state index contributed by atoms with van der Waals surface area (Å²) in [5.41, 5.74) is 7.46. The highest BCUT2D eigenvalue weighted by Gasteiger charge is 2.38. The molecule has 3 nitrogen and oxygen atoms in total. The van der Waals surface area contributed by atoms with Crippen molar-refractivity contribution in [3.8, 4) is 0 Å². The van der Waals surface area contributed by atoms with Crippen LogP contribution >= 0.6 is 11.8 Å². The van der Waals surface area contributed by atoms with Crippen molar-refractivity contribution in [1.29, 1.82) is 0 Å². The monoisotopic (exact) mass is 302 g/mol.